The van der Waals surface area contributed by atoms with Crippen LogP contribution in [0.1, 0.15) is 34.0 Å². The lowest BCUT2D eigenvalue weighted by molar-refractivity contribution is -0.117. The Morgan fingerprint density at radius 2 is 2.00 bits per heavy atom. The highest BCUT2D eigenvalue weighted by Crippen LogP contribution is 2.37. The summed E-state index contributed by atoms with van der Waals surface area (Å²) in [5, 5.41) is 0. The van der Waals surface area contributed by atoms with Crippen LogP contribution >= 0.6 is 15.9 Å². The highest BCUT2D eigenvalue weighted by atomic mass is 79.9. The van der Waals surface area contributed by atoms with Gasteiger partial charge in [0, 0.05) is 12.7 Å². The quantitative estimate of drug-likeness (QED) is 0.762. The molecule has 108 valence electrons. The van der Waals surface area contributed by atoms with E-state index in [0.717, 1.165) is 17.7 Å². The molecular weight excluding hydrogens is 326 g/mol. The Morgan fingerprint density at radius 3 is 2.76 bits per heavy atom. The predicted octanol–water partition coefficient (Wildman–Crippen LogP) is 4.25. The molecule has 0 saturated carbocycles. The lowest BCUT2D eigenvalue weighted by Crippen LogP contribution is -2.20. The summed E-state index contributed by atoms with van der Waals surface area (Å²) in [4.78, 5) is 13.7. The molecule has 3 heteroatoms. The number of anilines is 1. The van der Waals surface area contributed by atoms with E-state index in [4.69, 9.17) is 0 Å². The van der Waals surface area contributed by atoms with E-state index in [1.165, 1.54) is 16.7 Å². The summed E-state index contributed by atoms with van der Waals surface area (Å²) in [6.45, 7) is 2.18. The molecule has 0 radical (unpaired) electrons. The third-order valence-electron chi connectivity index (χ3n) is 4.18. The van der Waals surface area contributed by atoms with Gasteiger partial charge in [0.25, 0.3) is 0 Å². The van der Waals surface area contributed by atoms with Gasteiger partial charge in [-0.15, -0.1) is 0 Å². The van der Waals surface area contributed by atoms with Gasteiger partial charge in [-0.3, -0.25) is 4.79 Å². The van der Waals surface area contributed by atoms with E-state index < -0.39 is 0 Å². The average molecular weight is 344 g/mol. The summed E-state index contributed by atoms with van der Waals surface area (Å²) in [5.41, 5.74) is 6.02. The Morgan fingerprint density at radius 1 is 1.24 bits per heavy atom. The van der Waals surface area contributed by atoms with Gasteiger partial charge in [-0.05, 0) is 34.7 Å². The highest BCUT2D eigenvalue weighted by Gasteiger charge is 2.25. The Labute approximate surface area is 133 Å². The maximum absolute atomic E-state index is 11.8. The summed E-state index contributed by atoms with van der Waals surface area (Å²) in [7, 11) is 1.84. The number of aryl methyl sites for hydroxylation is 1. The number of nitrogens with zero attached hydrogens (tertiary/aromatic N) is 1. The molecule has 2 aromatic rings. The van der Waals surface area contributed by atoms with E-state index in [9.17, 15) is 4.79 Å². The Bertz CT molecular complexity index is 695. The maximum Gasteiger partial charge on any atom is 0.231 e. The Balaban J connectivity index is 1.98. The van der Waals surface area contributed by atoms with Gasteiger partial charge in [-0.1, -0.05) is 59.3 Å². The third kappa shape index (κ3) is 2.51. The zero-order valence-corrected chi connectivity index (χ0v) is 13.9. The van der Waals surface area contributed by atoms with Gasteiger partial charge in [0.15, 0.2) is 0 Å². The first-order valence-corrected chi connectivity index (χ1v) is 8.14. The number of rotatable bonds is 3. The van der Waals surface area contributed by atoms with Crippen molar-refractivity contribution >= 4 is 27.5 Å². The number of hydrogen-bond acceptors (Lipinski definition) is 1. The maximum atomic E-state index is 11.8. The molecule has 2 aromatic carbocycles. The van der Waals surface area contributed by atoms with Crippen LogP contribution < -0.4 is 4.90 Å². The number of carbonyl (C=O) groups is 1. The molecule has 3 rings (SSSR count). The minimum absolute atomic E-state index is 0.167. The van der Waals surface area contributed by atoms with E-state index in [0.29, 0.717) is 6.42 Å². The van der Waals surface area contributed by atoms with Crippen LogP contribution in [-0.4, -0.2) is 13.0 Å². The fourth-order valence-corrected chi connectivity index (χ4v) is 3.66. The van der Waals surface area contributed by atoms with Gasteiger partial charge in [0.1, 0.15) is 0 Å². The SMILES string of the molecule is CCc1ccccc1C(Br)c1ccc2c(c1)CC(=O)N2C. The van der Waals surface area contributed by atoms with Crippen LogP contribution in [-0.2, 0) is 17.6 Å². The van der Waals surface area contributed by atoms with Gasteiger partial charge in [-0.2, -0.15) is 0 Å². The number of halogens is 1. The largest absolute Gasteiger partial charge is 0.315 e. The Hall–Kier alpha value is -1.61. The molecule has 0 N–H and O–H groups in total. The van der Waals surface area contributed by atoms with Crippen molar-refractivity contribution in [2.75, 3.05) is 11.9 Å². The van der Waals surface area contributed by atoms with Crippen LogP contribution in [0.2, 0.25) is 0 Å². The number of hydrogen-bond donors (Lipinski definition) is 0. The molecule has 0 aliphatic carbocycles. The zero-order valence-electron chi connectivity index (χ0n) is 12.3. The number of amides is 1. The number of benzene rings is 2. The van der Waals surface area contributed by atoms with E-state index in [1.54, 1.807) is 4.90 Å². The first-order chi connectivity index (χ1) is 10.1. The van der Waals surface area contributed by atoms with Gasteiger partial charge < -0.3 is 4.90 Å². The molecule has 1 atom stereocenters. The second-order valence-corrected chi connectivity index (χ2v) is 6.35. The summed E-state index contributed by atoms with van der Waals surface area (Å²) >= 11 is 3.83. The smallest absolute Gasteiger partial charge is 0.231 e. The molecule has 1 heterocycles. The van der Waals surface area contributed by atoms with Crippen LogP contribution in [0.3, 0.4) is 0 Å². The molecule has 2 nitrogen and oxygen atoms in total. The van der Waals surface area contributed by atoms with Crippen molar-refractivity contribution < 1.29 is 4.79 Å². The van der Waals surface area contributed by atoms with Crippen molar-refractivity contribution in [2.24, 2.45) is 0 Å². The van der Waals surface area contributed by atoms with Crippen LogP contribution in [0.5, 0.6) is 0 Å². The normalized spacial score (nSPS) is 15.2. The van der Waals surface area contributed by atoms with Crippen molar-refractivity contribution in [1.29, 1.82) is 0 Å². The molecule has 0 bridgehead atoms. The molecule has 21 heavy (non-hydrogen) atoms. The Kier molecular flexibility index (Phi) is 3.85. The number of alkyl halides is 1. The molecule has 1 amide bonds. The van der Waals surface area contributed by atoms with E-state index in [2.05, 4.69) is 65.3 Å². The molecule has 0 spiro atoms. The third-order valence-corrected chi connectivity index (χ3v) is 5.20. The predicted molar refractivity (Wildman–Crippen MR) is 90.1 cm³/mol. The summed E-state index contributed by atoms with van der Waals surface area (Å²) < 4.78 is 0. The standard InChI is InChI=1S/C18H18BrNO/c1-3-12-6-4-5-7-15(12)18(19)13-8-9-16-14(10-13)11-17(21)20(16)2/h4-10,18H,3,11H2,1-2H3. The van der Waals surface area contributed by atoms with Crippen molar-refractivity contribution in [1.82, 2.24) is 0 Å². The fourth-order valence-electron chi connectivity index (χ4n) is 2.93. The topological polar surface area (TPSA) is 20.3 Å². The summed E-state index contributed by atoms with van der Waals surface area (Å²) in [6, 6.07) is 14.8. The number of fused-ring (bicyclic) bond motifs is 1. The van der Waals surface area contributed by atoms with Crippen molar-refractivity contribution in [3.05, 3.63) is 64.7 Å². The second kappa shape index (κ2) is 5.64. The first kappa shape index (κ1) is 14.3. The van der Waals surface area contributed by atoms with Gasteiger partial charge in [0.2, 0.25) is 5.91 Å². The van der Waals surface area contributed by atoms with E-state index in [1.807, 2.05) is 7.05 Å². The molecule has 1 unspecified atom stereocenters. The number of carbonyl (C=O) groups excluding carboxylic acids is 1. The van der Waals surface area contributed by atoms with Crippen LogP contribution in [0.15, 0.2) is 42.5 Å². The second-order valence-electron chi connectivity index (χ2n) is 5.43. The van der Waals surface area contributed by atoms with Crippen molar-refractivity contribution in [2.45, 2.75) is 24.6 Å². The molecule has 0 aromatic heterocycles. The molecular formula is C18H18BrNO. The molecule has 0 saturated heterocycles. The van der Waals surface area contributed by atoms with Crippen molar-refractivity contribution in [3.63, 3.8) is 0 Å². The minimum atomic E-state index is 0.167. The van der Waals surface area contributed by atoms with Crippen LogP contribution in [0, 0.1) is 0 Å². The van der Waals surface area contributed by atoms with Crippen LogP contribution in [0.4, 0.5) is 5.69 Å². The molecule has 1 aliphatic heterocycles. The number of likely N-dealkylation sites (N-methyl/N-ethyl adjacent to an activating group) is 1. The zero-order chi connectivity index (χ0) is 15.0. The molecule has 0 fully saturated rings. The lowest BCUT2D eigenvalue weighted by atomic mass is 9.96. The lowest BCUT2D eigenvalue weighted by Gasteiger charge is -2.16. The van der Waals surface area contributed by atoms with Gasteiger partial charge in [0.05, 0.1) is 11.2 Å². The fraction of sp³-hybridized carbons (Fsp3) is 0.278. The van der Waals surface area contributed by atoms with E-state index in [-0.39, 0.29) is 10.7 Å². The monoisotopic (exact) mass is 343 g/mol. The summed E-state index contributed by atoms with van der Waals surface area (Å²) in [5.74, 6) is 0.169. The average Bonchev–Trinajstić information content (AvgIpc) is 2.80. The molecule has 1 aliphatic rings. The first-order valence-electron chi connectivity index (χ1n) is 7.23. The highest BCUT2D eigenvalue weighted by molar-refractivity contribution is 9.09. The summed E-state index contributed by atoms with van der Waals surface area (Å²) in [6.07, 6.45) is 1.53. The van der Waals surface area contributed by atoms with Gasteiger partial charge in [-0.25, -0.2) is 0 Å². The van der Waals surface area contributed by atoms with Crippen molar-refractivity contribution in [3.8, 4) is 0 Å². The van der Waals surface area contributed by atoms with Gasteiger partial charge >= 0.3 is 0 Å². The van der Waals surface area contributed by atoms with Crippen LogP contribution in [0.25, 0.3) is 0 Å². The minimum Gasteiger partial charge on any atom is -0.315 e. The van der Waals surface area contributed by atoms with E-state index >= 15 is 0 Å².